The van der Waals surface area contributed by atoms with Gasteiger partial charge in [-0.15, -0.1) is 0 Å². The topological polar surface area (TPSA) is 155 Å². The molecule has 1 saturated heterocycles. The number of carbonyl (C=O) groups excluding carboxylic acids is 1. The van der Waals surface area contributed by atoms with Gasteiger partial charge in [0.05, 0.1) is 5.02 Å². The molecule has 1 aliphatic rings. The fourth-order valence-corrected chi connectivity index (χ4v) is 7.50. The number of sulfonamides is 1. The predicted molar refractivity (Wildman–Crippen MR) is 186 cm³/mol. The Kier molecular flexibility index (Phi) is 14.7. The number of unbranched alkanes of at least 4 members (excludes halogenated alkanes) is 3. The van der Waals surface area contributed by atoms with Crippen LogP contribution in [0.5, 0.6) is 5.75 Å². The first kappa shape index (κ1) is 41.2. The molecule has 0 unspecified atom stereocenters. The summed E-state index contributed by atoms with van der Waals surface area (Å²) in [6.45, 7) is 9.26. The number of benzene rings is 2. The highest BCUT2D eigenvalue weighted by atomic mass is 35.5. The quantitative estimate of drug-likeness (QED) is 0.184. The number of rotatable bonds is 13. The number of nitrogens with one attached hydrogen (secondary N) is 1. The molecule has 276 valence electrons. The number of carboxylic acid groups (broad SMARTS) is 1. The number of piperazine rings is 1. The van der Waals surface area contributed by atoms with Gasteiger partial charge in [-0.2, -0.15) is 17.9 Å². The van der Waals surface area contributed by atoms with E-state index in [0.717, 1.165) is 62.9 Å². The fourth-order valence-electron chi connectivity index (χ4n) is 5.24. The Balaban J connectivity index is 0.000000872. The van der Waals surface area contributed by atoms with Gasteiger partial charge in [-0.1, -0.05) is 54.2 Å². The van der Waals surface area contributed by atoms with E-state index in [2.05, 4.69) is 14.6 Å². The van der Waals surface area contributed by atoms with Crippen LogP contribution < -0.4 is 15.2 Å². The van der Waals surface area contributed by atoms with Gasteiger partial charge in [-0.05, 0) is 71.0 Å². The molecule has 1 amide bonds. The number of carboxylic acids is 1. The molecule has 2 heterocycles. The van der Waals surface area contributed by atoms with Gasteiger partial charge in [0.1, 0.15) is 28.3 Å². The highest BCUT2D eigenvalue weighted by Crippen LogP contribution is 2.34. The maximum atomic E-state index is 13.6. The van der Waals surface area contributed by atoms with E-state index in [0.29, 0.717) is 29.9 Å². The van der Waals surface area contributed by atoms with Crippen molar-refractivity contribution in [2.75, 3.05) is 39.3 Å². The average molecular weight is 765 g/mol. The number of para-hydroxylation sites is 1. The average Bonchev–Trinajstić information content (AvgIpc) is 3.04. The van der Waals surface area contributed by atoms with Gasteiger partial charge in [0, 0.05) is 47.8 Å². The van der Waals surface area contributed by atoms with Gasteiger partial charge < -0.3 is 20.5 Å². The van der Waals surface area contributed by atoms with Crippen LogP contribution in [-0.2, 0) is 26.2 Å². The van der Waals surface area contributed by atoms with Crippen molar-refractivity contribution >= 4 is 56.0 Å². The standard InChI is InChI=1S/C31H41Cl2N5O4S.C2HF3O2/c1-22-11-12-23-9-8-10-26(29(23)35-22)42-21-24-25(32)13-14-27(28(24)33)43(40,41)36-31(2,3)30(39)38-19-17-37(18-20-38)16-7-5-4-6-15-34;3-2(4,5)1(6)7/h8-14,36H,4-7,15-21,34H2,1-3H3;(H,6,7). The normalized spacial score (nSPS) is 14.3. The number of aromatic nitrogens is 1. The number of pyridine rings is 1. The summed E-state index contributed by atoms with van der Waals surface area (Å²) in [6, 6.07) is 12.3. The Morgan fingerprint density at radius 2 is 1.64 bits per heavy atom. The molecule has 17 heteroatoms. The van der Waals surface area contributed by atoms with Gasteiger partial charge >= 0.3 is 12.1 Å². The second-order valence-electron chi connectivity index (χ2n) is 12.3. The Hall–Kier alpha value is -3.21. The van der Waals surface area contributed by atoms with Crippen molar-refractivity contribution in [1.82, 2.24) is 19.5 Å². The molecule has 0 radical (unpaired) electrons. The van der Waals surface area contributed by atoms with Crippen LogP contribution in [0.3, 0.4) is 0 Å². The third-order valence-corrected chi connectivity index (χ3v) is 10.5. The second-order valence-corrected chi connectivity index (χ2v) is 14.7. The molecular weight excluding hydrogens is 722 g/mol. The van der Waals surface area contributed by atoms with Gasteiger partial charge in [-0.25, -0.2) is 18.2 Å². The Morgan fingerprint density at radius 3 is 2.26 bits per heavy atom. The number of hydrogen-bond donors (Lipinski definition) is 3. The number of nitrogens with zero attached hydrogens (tertiary/aromatic N) is 3. The molecule has 4 N–H and O–H groups in total. The lowest BCUT2D eigenvalue weighted by molar-refractivity contribution is -0.192. The predicted octanol–water partition coefficient (Wildman–Crippen LogP) is 5.78. The zero-order valence-electron chi connectivity index (χ0n) is 28.0. The highest BCUT2D eigenvalue weighted by molar-refractivity contribution is 7.89. The van der Waals surface area contributed by atoms with Gasteiger partial charge in [0.25, 0.3) is 0 Å². The van der Waals surface area contributed by atoms with Gasteiger partial charge in [0.15, 0.2) is 0 Å². The maximum Gasteiger partial charge on any atom is 0.490 e. The summed E-state index contributed by atoms with van der Waals surface area (Å²) >= 11 is 13.1. The van der Waals surface area contributed by atoms with Crippen molar-refractivity contribution in [3.63, 3.8) is 0 Å². The SMILES string of the molecule is Cc1ccc2cccc(OCc3c(Cl)ccc(S(=O)(=O)NC(C)(C)C(=O)N4CCN(CCCCCCN)CC4)c3Cl)c2n1.O=C(O)C(F)(F)F. The maximum absolute atomic E-state index is 13.6. The van der Waals surface area contributed by atoms with Crippen LogP contribution in [-0.4, -0.2) is 91.2 Å². The van der Waals surface area contributed by atoms with Gasteiger partial charge in [0.2, 0.25) is 15.9 Å². The number of nitrogens with two attached hydrogens (primary N) is 1. The molecule has 0 aliphatic carbocycles. The molecule has 4 rings (SSSR count). The summed E-state index contributed by atoms with van der Waals surface area (Å²) in [7, 11) is -4.20. The molecule has 50 heavy (non-hydrogen) atoms. The number of alkyl halides is 3. The van der Waals surface area contributed by atoms with Crippen LogP contribution in [0.15, 0.2) is 47.4 Å². The third kappa shape index (κ3) is 11.4. The van der Waals surface area contributed by atoms with E-state index in [1.54, 1.807) is 24.8 Å². The molecule has 0 spiro atoms. The second kappa shape index (κ2) is 17.8. The van der Waals surface area contributed by atoms with Crippen molar-refractivity contribution in [2.24, 2.45) is 5.73 Å². The molecule has 0 atom stereocenters. The summed E-state index contributed by atoms with van der Waals surface area (Å²) < 4.78 is 67.5. The van der Waals surface area contributed by atoms with Crippen LogP contribution in [0.25, 0.3) is 10.9 Å². The molecular formula is C33H42Cl2F3N5O6S. The van der Waals surface area contributed by atoms with Crippen LogP contribution in [0.1, 0.15) is 50.8 Å². The first-order valence-electron chi connectivity index (χ1n) is 15.9. The molecule has 0 saturated carbocycles. The molecule has 0 bridgehead atoms. The number of aliphatic carboxylic acids is 1. The van der Waals surface area contributed by atoms with Crippen LogP contribution in [0.4, 0.5) is 13.2 Å². The molecule has 1 aliphatic heterocycles. The van der Waals surface area contributed by atoms with E-state index in [1.807, 2.05) is 31.2 Å². The monoisotopic (exact) mass is 763 g/mol. The zero-order valence-corrected chi connectivity index (χ0v) is 30.4. The summed E-state index contributed by atoms with van der Waals surface area (Å²) in [5.74, 6) is -2.52. The van der Waals surface area contributed by atoms with Crippen molar-refractivity contribution in [3.05, 3.63) is 63.8 Å². The lowest BCUT2D eigenvalue weighted by Crippen LogP contribution is -2.59. The minimum Gasteiger partial charge on any atom is -0.487 e. The highest BCUT2D eigenvalue weighted by Gasteiger charge is 2.39. The van der Waals surface area contributed by atoms with E-state index < -0.39 is 27.7 Å². The minimum absolute atomic E-state index is 0.0623. The number of aryl methyl sites for hydroxylation is 1. The first-order chi connectivity index (χ1) is 23.4. The van der Waals surface area contributed by atoms with Crippen molar-refractivity contribution in [3.8, 4) is 5.75 Å². The van der Waals surface area contributed by atoms with Crippen molar-refractivity contribution in [1.29, 1.82) is 0 Å². The zero-order chi connectivity index (χ0) is 37.3. The lowest BCUT2D eigenvalue weighted by atomic mass is 10.0. The van der Waals surface area contributed by atoms with E-state index >= 15 is 0 Å². The van der Waals surface area contributed by atoms with Crippen LogP contribution in [0, 0.1) is 6.92 Å². The lowest BCUT2D eigenvalue weighted by Gasteiger charge is -2.38. The van der Waals surface area contributed by atoms with E-state index in [-0.39, 0.29) is 27.5 Å². The van der Waals surface area contributed by atoms with Gasteiger partial charge in [-0.3, -0.25) is 9.69 Å². The molecule has 1 fully saturated rings. The number of ether oxygens (including phenoxy) is 1. The summed E-state index contributed by atoms with van der Waals surface area (Å²) in [5.41, 5.74) is 6.01. The van der Waals surface area contributed by atoms with Crippen LogP contribution >= 0.6 is 23.2 Å². The van der Waals surface area contributed by atoms with E-state index in [1.165, 1.54) is 12.1 Å². The van der Waals surface area contributed by atoms with Crippen molar-refractivity contribution < 1.29 is 41.0 Å². The smallest absolute Gasteiger partial charge is 0.487 e. The Labute approximate surface area is 299 Å². The summed E-state index contributed by atoms with van der Waals surface area (Å²) in [5, 5.41) is 8.24. The third-order valence-electron chi connectivity index (χ3n) is 7.89. The molecule has 2 aromatic carbocycles. The summed E-state index contributed by atoms with van der Waals surface area (Å²) in [6.07, 6.45) is -0.651. The van der Waals surface area contributed by atoms with Crippen molar-refractivity contribution in [2.45, 2.75) is 69.7 Å². The Morgan fingerprint density at radius 1 is 1.00 bits per heavy atom. The summed E-state index contributed by atoms with van der Waals surface area (Å²) in [4.78, 5) is 30.8. The van der Waals surface area contributed by atoms with Crippen LogP contribution in [0.2, 0.25) is 10.0 Å². The number of halogens is 5. The molecule has 1 aromatic heterocycles. The number of fused-ring (bicyclic) bond motifs is 1. The van der Waals surface area contributed by atoms with E-state index in [9.17, 15) is 26.4 Å². The fraction of sp³-hybridized carbons (Fsp3) is 0.485. The largest absolute Gasteiger partial charge is 0.490 e. The molecule has 11 nitrogen and oxygen atoms in total. The van der Waals surface area contributed by atoms with E-state index in [4.69, 9.17) is 43.6 Å². The number of carbonyl (C=O) groups is 2. The number of amides is 1. The minimum atomic E-state index is -5.08. The number of hydrogen-bond acceptors (Lipinski definition) is 8. The molecule has 3 aromatic rings. The Bertz CT molecular complexity index is 1750. The first-order valence-corrected chi connectivity index (χ1v) is 18.1.